The Morgan fingerprint density at radius 3 is 2.65 bits per heavy atom. The van der Waals surface area contributed by atoms with Crippen LogP contribution in [0.15, 0.2) is 24.3 Å². The van der Waals surface area contributed by atoms with Crippen molar-refractivity contribution in [2.75, 3.05) is 6.54 Å². The third kappa shape index (κ3) is 2.87. The topological polar surface area (TPSA) is 29.1 Å². The number of carbonyl (C=O) groups is 1. The third-order valence-electron chi connectivity index (χ3n) is 4.87. The van der Waals surface area contributed by atoms with Gasteiger partial charge in [0.05, 0.1) is 0 Å². The fourth-order valence-corrected chi connectivity index (χ4v) is 3.30. The number of nitrogens with one attached hydrogen (secondary N) is 1. The molecule has 1 aromatic rings. The maximum absolute atomic E-state index is 13.3. The maximum Gasteiger partial charge on any atom is 0.223 e. The van der Waals surface area contributed by atoms with E-state index in [4.69, 9.17) is 0 Å². The van der Waals surface area contributed by atoms with Crippen molar-refractivity contribution in [1.29, 1.82) is 0 Å². The van der Waals surface area contributed by atoms with Crippen molar-refractivity contribution in [2.45, 2.75) is 50.4 Å². The highest BCUT2D eigenvalue weighted by Gasteiger charge is 2.44. The summed E-state index contributed by atoms with van der Waals surface area (Å²) in [4.78, 5) is 12.2. The predicted octanol–water partition coefficient (Wildman–Crippen LogP) is 3.55. The van der Waals surface area contributed by atoms with Gasteiger partial charge >= 0.3 is 0 Å². The second-order valence-corrected chi connectivity index (χ2v) is 6.34. The normalized spacial score (nSPS) is 21.4. The molecule has 1 amide bonds. The minimum Gasteiger partial charge on any atom is -0.355 e. The Bertz CT molecular complexity index is 490. The van der Waals surface area contributed by atoms with Crippen molar-refractivity contribution in [1.82, 2.24) is 5.32 Å². The molecule has 0 atom stereocenters. The van der Waals surface area contributed by atoms with Gasteiger partial charge in [0, 0.05) is 17.9 Å². The van der Waals surface area contributed by atoms with E-state index in [2.05, 4.69) is 5.32 Å². The van der Waals surface area contributed by atoms with E-state index in [0.717, 1.165) is 31.2 Å². The van der Waals surface area contributed by atoms with Gasteiger partial charge in [0.25, 0.3) is 0 Å². The minimum absolute atomic E-state index is 0.00751. The molecule has 2 aliphatic rings. The lowest BCUT2D eigenvalue weighted by atomic mass is 9.88. The Kier molecular flexibility index (Phi) is 3.77. The smallest absolute Gasteiger partial charge is 0.223 e. The molecule has 2 saturated carbocycles. The minimum atomic E-state index is -0.188. The zero-order valence-electron chi connectivity index (χ0n) is 11.8. The van der Waals surface area contributed by atoms with Crippen LogP contribution < -0.4 is 5.32 Å². The van der Waals surface area contributed by atoms with Crippen molar-refractivity contribution >= 4 is 5.91 Å². The number of carbonyl (C=O) groups excluding carboxylic acids is 1. The number of halogens is 1. The van der Waals surface area contributed by atoms with Gasteiger partial charge in [-0.1, -0.05) is 31.4 Å². The van der Waals surface area contributed by atoms with Gasteiger partial charge in [-0.05, 0) is 43.4 Å². The van der Waals surface area contributed by atoms with Crippen LogP contribution in [0.1, 0.15) is 50.5 Å². The zero-order chi connectivity index (χ0) is 14.0. The van der Waals surface area contributed by atoms with E-state index >= 15 is 0 Å². The summed E-state index contributed by atoms with van der Waals surface area (Å²) in [5.41, 5.74) is 1.02. The van der Waals surface area contributed by atoms with Crippen LogP contribution in [0, 0.1) is 11.7 Å². The van der Waals surface area contributed by atoms with Crippen molar-refractivity contribution in [3.05, 3.63) is 35.6 Å². The number of hydrogen-bond donors (Lipinski definition) is 1. The average Bonchev–Trinajstić information content (AvgIpc) is 3.27. The second kappa shape index (κ2) is 5.55. The first-order chi connectivity index (χ1) is 9.70. The number of hydrogen-bond acceptors (Lipinski definition) is 1. The highest BCUT2D eigenvalue weighted by atomic mass is 19.1. The molecule has 108 valence electrons. The van der Waals surface area contributed by atoms with E-state index < -0.39 is 0 Å². The predicted molar refractivity (Wildman–Crippen MR) is 76.9 cm³/mol. The molecule has 0 aliphatic heterocycles. The van der Waals surface area contributed by atoms with Gasteiger partial charge in [-0.15, -0.1) is 0 Å². The first-order valence-electron chi connectivity index (χ1n) is 7.73. The first-order valence-corrected chi connectivity index (χ1v) is 7.73. The van der Waals surface area contributed by atoms with E-state index in [-0.39, 0.29) is 23.1 Å². The summed E-state index contributed by atoms with van der Waals surface area (Å²) in [5, 5.41) is 3.11. The van der Waals surface area contributed by atoms with Gasteiger partial charge in [-0.2, -0.15) is 0 Å². The highest BCUT2D eigenvalue weighted by molar-refractivity contribution is 5.78. The summed E-state index contributed by atoms with van der Waals surface area (Å²) in [6.45, 7) is 0.659. The molecule has 1 aromatic carbocycles. The number of amides is 1. The van der Waals surface area contributed by atoms with E-state index in [9.17, 15) is 9.18 Å². The van der Waals surface area contributed by atoms with Crippen LogP contribution in [-0.2, 0) is 10.2 Å². The van der Waals surface area contributed by atoms with Crippen LogP contribution >= 0.6 is 0 Å². The molecule has 2 nitrogen and oxygen atoms in total. The van der Waals surface area contributed by atoms with E-state index in [1.54, 1.807) is 12.1 Å². The van der Waals surface area contributed by atoms with Crippen molar-refractivity contribution in [3.8, 4) is 0 Å². The van der Waals surface area contributed by atoms with Gasteiger partial charge in [0.15, 0.2) is 0 Å². The number of benzene rings is 1. The van der Waals surface area contributed by atoms with Crippen LogP contribution in [0.2, 0.25) is 0 Å². The quantitative estimate of drug-likeness (QED) is 0.894. The molecule has 0 unspecified atom stereocenters. The molecule has 1 N–H and O–H groups in total. The van der Waals surface area contributed by atoms with Gasteiger partial charge < -0.3 is 5.32 Å². The Balaban J connectivity index is 1.59. The van der Waals surface area contributed by atoms with Crippen molar-refractivity contribution < 1.29 is 9.18 Å². The van der Waals surface area contributed by atoms with Crippen molar-refractivity contribution in [2.24, 2.45) is 5.92 Å². The molecule has 2 aliphatic carbocycles. The van der Waals surface area contributed by atoms with Crippen LogP contribution in [0.5, 0.6) is 0 Å². The lowest BCUT2D eigenvalue weighted by Crippen LogP contribution is -2.37. The molecule has 0 bridgehead atoms. The average molecular weight is 275 g/mol. The Hall–Kier alpha value is -1.38. The Morgan fingerprint density at radius 2 is 2.00 bits per heavy atom. The zero-order valence-corrected chi connectivity index (χ0v) is 11.8. The van der Waals surface area contributed by atoms with E-state index in [1.807, 2.05) is 6.07 Å². The van der Waals surface area contributed by atoms with E-state index in [0.29, 0.717) is 6.54 Å². The van der Waals surface area contributed by atoms with Gasteiger partial charge in [-0.25, -0.2) is 4.39 Å². The third-order valence-corrected chi connectivity index (χ3v) is 4.87. The van der Waals surface area contributed by atoms with Crippen LogP contribution in [0.4, 0.5) is 4.39 Å². The molecule has 0 aromatic heterocycles. The second-order valence-electron chi connectivity index (χ2n) is 6.34. The van der Waals surface area contributed by atoms with Gasteiger partial charge in [-0.3, -0.25) is 4.79 Å². The standard InChI is InChI=1S/C17H22FNO/c18-15-8-4-7-14(11-15)17(9-10-17)12-19-16(20)13-5-2-1-3-6-13/h4,7-8,11,13H,1-3,5-6,9-10,12H2,(H,19,20). The molecular weight excluding hydrogens is 253 g/mol. The fourth-order valence-electron chi connectivity index (χ4n) is 3.30. The summed E-state index contributed by atoms with van der Waals surface area (Å²) in [6, 6.07) is 6.82. The number of rotatable bonds is 4. The van der Waals surface area contributed by atoms with Crippen LogP contribution in [0.25, 0.3) is 0 Å². The SMILES string of the molecule is O=C(NCC1(c2cccc(F)c2)CC1)C1CCCCC1. The molecule has 3 rings (SSSR count). The molecule has 3 heteroatoms. The molecular formula is C17H22FNO. The fraction of sp³-hybridized carbons (Fsp3) is 0.588. The summed E-state index contributed by atoms with van der Waals surface area (Å²) in [7, 11) is 0. The summed E-state index contributed by atoms with van der Waals surface area (Å²) >= 11 is 0. The van der Waals surface area contributed by atoms with Crippen LogP contribution in [0.3, 0.4) is 0 Å². The summed E-state index contributed by atoms with van der Waals surface area (Å²) < 4.78 is 13.3. The highest BCUT2D eigenvalue weighted by Crippen LogP contribution is 2.47. The molecule has 0 saturated heterocycles. The van der Waals surface area contributed by atoms with Gasteiger partial charge in [0.1, 0.15) is 5.82 Å². The largest absolute Gasteiger partial charge is 0.355 e. The molecule has 0 spiro atoms. The molecule has 2 fully saturated rings. The van der Waals surface area contributed by atoms with Gasteiger partial charge in [0.2, 0.25) is 5.91 Å². The molecule has 0 radical (unpaired) electrons. The summed E-state index contributed by atoms with van der Waals surface area (Å²) in [5.74, 6) is 0.215. The summed E-state index contributed by atoms with van der Waals surface area (Å²) in [6.07, 6.45) is 7.75. The lowest BCUT2D eigenvalue weighted by molar-refractivity contribution is -0.126. The molecule has 0 heterocycles. The lowest BCUT2D eigenvalue weighted by Gasteiger charge is -2.23. The first kappa shape index (κ1) is 13.6. The Labute approximate surface area is 119 Å². The Morgan fingerprint density at radius 1 is 1.25 bits per heavy atom. The van der Waals surface area contributed by atoms with Crippen molar-refractivity contribution in [3.63, 3.8) is 0 Å². The molecule has 20 heavy (non-hydrogen) atoms. The van der Waals surface area contributed by atoms with E-state index in [1.165, 1.54) is 25.3 Å². The monoisotopic (exact) mass is 275 g/mol. The van der Waals surface area contributed by atoms with Crippen LogP contribution in [-0.4, -0.2) is 12.5 Å². The maximum atomic E-state index is 13.3.